The summed E-state index contributed by atoms with van der Waals surface area (Å²) in [5, 5.41) is 0. The Balaban J connectivity index is 3.31. The number of aryl methyl sites for hydroxylation is 2. The van der Waals surface area contributed by atoms with Crippen molar-refractivity contribution in [3.05, 3.63) is 33.9 Å². The largest absolute Gasteiger partial charge is 0.229 e. The molecule has 96 valence electrons. The summed E-state index contributed by atoms with van der Waals surface area (Å²) in [6.07, 6.45) is 1.27. The van der Waals surface area contributed by atoms with Crippen molar-refractivity contribution in [2.24, 2.45) is 0 Å². The van der Waals surface area contributed by atoms with Crippen molar-refractivity contribution in [3.8, 4) is 0 Å². The van der Waals surface area contributed by atoms with Gasteiger partial charge in [-0.3, -0.25) is 0 Å². The van der Waals surface area contributed by atoms with Crippen LogP contribution in [0.25, 0.3) is 0 Å². The number of sulfone groups is 1. The Bertz CT molecular complexity index is 507. The van der Waals surface area contributed by atoms with Gasteiger partial charge in [0.1, 0.15) is 9.84 Å². The molecule has 17 heavy (non-hydrogen) atoms. The van der Waals surface area contributed by atoms with Crippen LogP contribution in [0, 0.1) is 27.7 Å². The molecule has 0 radical (unpaired) electrons. The lowest BCUT2D eigenvalue weighted by Crippen LogP contribution is -2.12. The highest BCUT2D eigenvalue weighted by atomic mass is 79.9. The smallest absolute Gasteiger partial charge is 0.148 e. The fourth-order valence-electron chi connectivity index (χ4n) is 2.07. The topological polar surface area (TPSA) is 34.1 Å². The van der Waals surface area contributed by atoms with E-state index >= 15 is 0 Å². The van der Waals surface area contributed by atoms with Crippen LogP contribution in [0.5, 0.6) is 0 Å². The maximum absolute atomic E-state index is 11.4. The summed E-state index contributed by atoms with van der Waals surface area (Å²) in [7, 11) is -2.98. The van der Waals surface area contributed by atoms with Crippen LogP contribution in [-0.2, 0) is 9.84 Å². The maximum atomic E-state index is 11.4. The van der Waals surface area contributed by atoms with Crippen LogP contribution < -0.4 is 0 Å². The number of alkyl halides is 1. The molecule has 0 fully saturated rings. The van der Waals surface area contributed by atoms with Crippen LogP contribution in [0.1, 0.15) is 32.6 Å². The van der Waals surface area contributed by atoms with Crippen LogP contribution in [0.2, 0.25) is 0 Å². The van der Waals surface area contributed by atoms with E-state index in [9.17, 15) is 8.42 Å². The first-order valence-electron chi connectivity index (χ1n) is 5.52. The van der Waals surface area contributed by atoms with Crippen molar-refractivity contribution in [2.45, 2.75) is 32.5 Å². The SMILES string of the molecule is Cc1cc(C)c(C)c(C(Br)CS(C)(=O)=O)c1C. The Morgan fingerprint density at radius 3 is 1.88 bits per heavy atom. The van der Waals surface area contributed by atoms with Crippen molar-refractivity contribution < 1.29 is 8.42 Å². The first kappa shape index (κ1) is 14.7. The molecule has 1 aromatic rings. The molecule has 0 aliphatic carbocycles. The molecule has 1 unspecified atom stereocenters. The van der Waals surface area contributed by atoms with Gasteiger partial charge in [0.25, 0.3) is 0 Å². The highest BCUT2D eigenvalue weighted by Crippen LogP contribution is 2.33. The van der Waals surface area contributed by atoms with E-state index in [0.29, 0.717) is 0 Å². The van der Waals surface area contributed by atoms with Gasteiger partial charge in [-0.2, -0.15) is 0 Å². The number of hydrogen-bond donors (Lipinski definition) is 0. The molecule has 0 spiro atoms. The van der Waals surface area contributed by atoms with Gasteiger partial charge in [-0.1, -0.05) is 22.0 Å². The van der Waals surface area contributed by atoms with Crippen LogP contribution >= 0.6 is 15.9 Å². The van der Waals surface area contributed by atoms with Crippen LogP contribution in [0.15, 0.2) is 6.07 Å². The predicted molar refractivity (Wildman–Crippen MR) is 76.8 cm³/mol. The number of halogens is 1. The molecule has 0 saturated carbocycles. The fourth-order valence-corrected chi connectivity index (χ4v) is 4.89. The molecule has 0 heterocycles. The minimum Gasteiger partial charge on any atom is -0.229 e. The molecule has 4 heteroatoms. The van der Waals surface area contributed by atoms with Crippen LogP contribution in [0.3, 0.4) is 0 Å². The van der Waals surface area contributed by atoms with Gasteiger partial charge < -0.3 is 0 Å². The molecule has 0 aliphatic rings. The lowest BCUT2D eigenvalue weighted by atomic mass is 9.93. The minimum absolute atomic E-state index is 0.129. The zero-order valence-electron chi connectivity index (χ0n) is 11.0. The molecule has 0 amide bonds. The summed E-state index contributed by atoms with van der Waals surface area (Å²) in [6.45, 7) is 8.22. The Morgan fingerprint density at radius 1 is 1.12 bits per heavy atom. The second kappa shape index (κ2) is 5.11. The van der Waals surface area contributed by atoms with Gasteiger partial charge in [0, 0.05) is 6.26 Å². The van der Waals surface area contributed by atoms with E-state index in [1.807, 2.05) is 13.8 Å². The van der Waals surface area contributed by atoms with E-state index in [1.54, 1.807) is 0 Å². The molecular weight excluding hydrogens is 300 g/mol. The lowest BCUT2D eigenvalue weighted by molar-refractivity contribution is 0.601. The second-order valence-corrected chi connectivity index (χ2v) is 8.02. The van der Waals surface area contributed by atoms with E-state index < -0.39 is 9.84 Å². The quantitative estimate of drug-likeness (QED) is 0.800. The third kappa shape index (κ3) is 3.55. The van der Waals surface area contributed by atoms with Crippen molar-refractivity contribution in [2.75, 3.05) is 12.0 Å². The molecular formula is C13H19BrO2S. The van der Waals surface area contributed by atoms with Gasteiger partial charge in [-0.25, -0.2) is 8.42 Å². The average Bonchev–Trinajstić information content (AvgIpc) is 2.12. The molecule has 0 aromatic heterocycles. The third-order valence-electron chi connectivity index (χ3n) is 3.19. The van der Waals surface area contributed by atoms with Crippen LogP contribution in [0.4, 0.5) is 0 Å². The molecule has 0 aliphatic heterocycles. The Labute approximate surface area is 112 Å². The van der Waals surface area contributed by atoms with Gasteiger partial charge in [0.05, 0.1) is 10.6 Å². The Hall–Kier alpha value is -0.350. The zero-order chi connectivity index (χ0) is 13.4. The molecule has 0 N–H and O–H groups in total. The fraction of sp³-hybridized carbons (Fsp3) is 0.538. The summed E-state index contributed by atoms with van der Waals surface area (Å²) in [6, 6.07) is 2.15. The standard InChI is InChI=1S/C13H19BrO2S/c1-8-6-9(2)11(4)13(10(8)3)12(14)7-17(5,15)16/h6,12H,7H2,1-5H3. The Morgan fingerprint density at radius 2 is 1.53 bits per heavy atom. The zero-order valence-corrected chi connectivity index (χ0v) is 13.4. The summed E-state index contributed by atoms with van der Waals surface area (Å²) in [5.41, 5.74) is 5.90. The maximum Gasteiger partial charge on any atom is 0.148 e. The molecule has 2 nitrogen and oxygen atoms in total. The normalized spacial score (nSPS) is 13.8. The number of hydrogen-bond acceptors (Lipinski definition) is 2. The summed E-state index contributed by atoms with van der Waals surface area (Å²) in [4.78, 5) is -0.129. The average molecular weight is 319 g/mol. The summed E-state index contributed by atoms with van der Waals surface area (Å²) < 4.78 is 22.8. The van der Waals surface area contributed by atoms with E-state index in [4.69, 9.17) is 0 Å². The van der Waals surface area contributed by atoms with Crippen molar-refractivity contribution >= 4 is 25.8 Å². The Kier molecular flexibility index (Phi) is 4.42. The predicted octanol–water partition coefficient (Wildman–Crippen LogP) is 3.40. The van der Waals surface area contributed by atoms with Gasteiger partial charge in [0.15, 0.2) is 0 Å². The highest BCUT2D eigenvalue weighted by Gasteiger charge is 2.20. The van der Waals surface area contributed by atoms with E-state index in [2.05, 4.69) is 35.8 Å². The van der Waals surface area contributed by atoms with Gasteiger partial charge >= 0.3 is 0 Å². The van der Waals surface area contributed by atoms with Crippen molar-refractivity contribution in [3.63, 3.8) is 0 Å². The third-order valence-corrected chi connectivity index (χ3v) is 5.34. The molecule has 1 aromatic carbocycles. The van der Waals surface area contributed by atoms with Crippen molar-refractivity contribution in [1.82, 2.24) is 0 Å². The molecule has 1 atom stereocenters. The minimum atomic E-state index is -2.98. The van der Waals surface area contributed by atoms with Crippen LogP contribution in [-0.4, -0.2) is 20.4 Å². The first-order valence-corrected chi connectivity index (χ1v) is 8.50. The number of benzene rings is 1. The molecule has 1 rings (SSSR count). The van der Waals surface area contributed by atoms with Crippen molar-refractivity contribution in [1.29, 1.82) is 0 Å². The molecule has 0 saturated heterocycles. The van der Waals surface area contributed by atoms with E-state index in [1.165, 1.54) is 28.5 Å². The van der Waals surface area contributed by atoms with Gasteiger partial charge in [-0.05, 0) is 55.5 Å². The first-order chi connectivity index (χ1) is 7.63. The van der Waals surface area contributed by atoms with Gasteiger partial charge in [-0.15, -0.1) is 0 Å². The second-order valence-electron chi connectivity index (χ2n) is 4.73. The van der Waals surface area contributed by atoms with Gasteiger partial charge in [0.2, 0.25) is 0 Å². The molecule has 0 bridgehead atoms. The van der Waals surface area contributed by atoms with E-state index in [-0.39, 0.29) is 10.6 Å². The highest BCUT2D eigenvalue weighted by molar-refractivity contribution is 9.09. The summed E-state index contributed by atoms with van der Waals surface area (Å²) >= 11 is 3.51. The lowest BCUT2D eigenvalue weighted by Gasteiger charge is -2.19. The summed E-state index contributed by atoms with van der Waals surface area (Å²) in [5.74, 6) is 0.136. The number of rotatable bonds is 3. The van der Waals surface area contributed by atoms with E-state index in [0.717, 1.165) is 5.56 Å². The monoisotopic (exact) mass is 318 g/mol.